The molecule has 130 valence electrons. The number of thiazole rings is 1. The molecule has 1 amide bonds. The standard InChI is InChI=1S/C19H13BrN2O3S/c1-2-7-22-14-10-15-16(25-9-8-24-15)11-17(14)26-19(22)21-18(23)12-5-3-4-6-13(12)20/h1,3-6,10-11H,7-9H2. The molecule has 4 rings (SSSR count). The first kappa shape index (κ1) is 16.9. The molecule has 0 saturated carbocycles. The van der Waals surface area contributed by atoms with Crippen LogP contribution in [0.25, 0.3) is 10.2 Å². The molecule has 0 atom stereocenters. The number of nitrogens with zero attached hydrogens (tertiary/aromatic N) is 2. The van der Waals surface area contributed by atoms with E-state index < -0.39 is 0 Å². The van der Waals surface area contributed by atoms with Gasteiger partial charge in [0, 0.05) is 16.6 Å². The zero-order valence-electron chi connectivity index (χ0n) is 13.6. The van der Waals surface area contributed by atoms with Crippen LogP contribution in [-0.2, 0) is 6.54 Å². The maximum atomic E-state index is 12.6. The van der Waals surface area contributed by atoms with Crippen molar-refractivity contribution >= 4 is 43.4 Å². The molecule has 2 heterocycles. The Morgan fingerprint density at radius 1 is 1.27 bits per heavy atom. The lowest BCUT2D eigenvalue weighted by Crippen LogP contribution is -2.17. The van der Waals surface area contributed by atoms with Crippen LogP contribution in [0.3, 0.4) is 0 Å². The summed E-state index contributed by atoms with van der Waals surface area (Å²) in [6.07, 6.45) is 5.53. The number of carbonyl (C=O) groups excluding carboxylic acids is 1. The number of rotatable bonds is 2. The Morgan fingerprint density at radius 3 is 2.73 bits per heavy atom. The van der Waals surface area contributed by atoms with Crippen LogP contribution in [0.5, 0.6) is 11.5 Å². The van der Waals surface area contributed by atoms with E-state index in [4.69, 9.17) is 15.9 Å². The molecule has 7 heteroatoms. The summed E-state index contributed by atoms with van der Waals surface area (Å²) in [6.45, 7) is 1.34. The van der Waals surface area contributed by atoms with Gasteiger partial charge in [0.05, 0.1) is 22.3 Å². The summed E-state index contributed by atoms with van der Waals surface area (Å²) in [7, 11) is 0. The number of benzene rings is 2. The lowest BCUT2D eigenvalue weighted by Gasteiger charge is -2.18. The molecule has 0 bridgehead atoms. The van der Waals surface area contributed by atoms with Gasteiger partial charge in [-0.1, -0.05) is 29.4 Å². The Bertz CT molecular complexity index is 1120. The molecule has 0 saturated heterocycles. The number of fused-ring (bicyclic) bond motifs is 2. The number of carbonyl (C=O) groups is 1. The highest BCUT2D eigenvalue weighted by molar-refractivity contribution is 9.10. The fourth-order valence-electron chi connectivity index (χ4n) is 2.72. The van der Waals surface area contributed by atoms with E-state index in [0.29, 0.717) is 46.1 Å². The van der Waals surface area contributed by atoms with Crippen LogP contribution < -0.4 is 14.3 Å². The van der Waals surface area contributed by atoms with Gasteiger partial charge in [-0.15, -0.1) is 6.42 Å². The van der Waals surface area contributed by atoms with Crippen molar-refractivity contribution in [2.24, 2.45) is 4.99 Å². The van der Waals surface area contributed by atoms with E-state index >= 15 is 0 Å². The largest absolute Gasteiger partial charge is 0.486 e. The summed E-state index contributed by atoms with van der Waals surface area (Å²) in [4.78, 5) is 17.5. The summed E-state index contributed by atoms with van der Waals surface area (Å²) in [5.74, 6) is 3.67. The molecule has 0 fully saturated rings. The maximum absolute atomic E-state index is 12.6. The molecule has 0 radical (unpaired) electrons. The lowest BCUT2D eigenvalue weighted by molar-refractivity contribution is 0.0997. The second kappa shape index (κ2) is 6.98. The molecule has 1 aliphatic heterocycles. The van der Waals surface area contributed by atoms with Crippen molar-refractivity contribution in [3.8, 4) is 23.8 Å². The van der Waals surface area contributed by atoms with Gasteiger partial charge in [-0.05, 0) is 28.1 Å². The first-order valence-corrected chi connectivity index (χ1v) is 9.48. The Morgan fingerprint density at radius 2 is 2.00 bits per heavy atom. The fraction of sp³-hybridized carbons (Fsp3) is 0.158. The van der Waals surface area contributed by atoms with Crippen molar-refractivity contribution in [3.05, 3.63) is 51.2 Å². The predicted octanol–water partition coefficient (Wildman–Crippen LogP) is 3.61. The van der Waals surface area contributed by atoms with Gasteiger partial charge < -0.3 is 14.0 Å². The van der Waals surface area contributed by atoms with Crippen molar-refractivity contribution in [1.82, 2.24) is 4.57 Å². The average Bonchev–Trinajstić information content (AvgIpc) is 2.96. The van der Waals surface area contributed by atoms with Gasteiger partial charge >= 0.3 is 0 Å². The van der Waals surface area contributed by atoms with E-state index in [1.807, 2.05) is 28.8 Å². The summed E-state index contributed by atoms with van der Waals surface area (Å²) < 4.78 is 14.8. The molecule has 3 aromatic rings. The minimum Gasteiger partial charge on any atom is -0.486 e. The maximum Gasteiger partial charge on any atom is 0.280 e. The van der Waals surface area contributed by atoms with E-state index in [9.17, 15) is 4.79 Å². The second-order valence-corrected chi connectivity index (χ2v) is 7.40. The Balaban J connectivity index is 1.89. The van der Waals surface area contributed by atoms with Crippen LogP contribution in [0.4, 0.5) is 0 Å². The third-order valence-electron chi connectivity index (χ3n) is 3.90. The first-order valence-electron chi connectivity index (χ1n) is 7.87. The van der Waals surface area contributed by atoms with Crippen LogP contribution >= 0.6 is 27.3 Å². The molecule has 0 spiro atoms. The molecular weight excluding hydrogens is 416 g/mol. The number of terminal acetylenes is 1. The van der Waals surface area contributed by atoms with Gasteiger partial charge in [0.2, 0.25) is 0 Å². The number of aromatic nitrogens is 1. The minimum absolute atomic E-state index is 0.307. The quantitative estimate of drug-likeness (QED) is 0.585. The monoisotopic (exact) mass is 428 g/mol. The van der Waals surface area contributed by atoms with Crippen LogP contribution in [-0.4, -0.2) is 23.7 Å². The number of halogens is 1. The Kier molecular flexibility index (Phi) is 4.53. The van der Waals surface area contributed by atoms with Crippen molar-refractivity contribution in [2.75, 3.05) is 13.2 Å². The van der Waals surface area contributed by atoms with Crippen molar-refractivity contribution in [3.63, 3.8) is 0 Å². The van der Waals surface area contributed by atoms with Crippen LogP contribution in [0.15, 0.2) is 45.9 Å². The highest BCUT2D eigenvalue weighted by atomic mass is 79.9. The van der Waals surface area contributed by atoms with E-state index in [1.54, 1.807) is 12.1 Å². The molecule has 5 nitrogen and oxygen atoms in total. The second-order valence-electron chi connectivity index (χ2n) is 5.54. The summed E-state index contributed by atoms with van der Waals surface area (Å²) in [6, 6.07) is 11.0. The third-order valence-corrected chi connectivity index (χ3v) is 5.63. The fourth-order valence-corrected chi connectivity index (χ4v) is 4.21. The third kappa shape index (κ3) is 3.02. The Hall–Kier alpha value is -2.56. The molecule has 0 aliphatic carbocycles. The average molecular weight is 429 g/mol. The number of hydrogen-bond donors (Lipinski definition) is 0. The first-order chi connectivity index (χ1) is 12.7. The van der Waals surface area contributed by atoms with Crippen molar-refractivity contribution in [1.29, 1.82) is 0 Å². The molecule has 1 aromatic heterocycles. The van der Waals surface area contributed by atoms with Crippen LogP contribution in [0, 0.1) is 12.3 Å². The van der Waals surface area contributed by atoms with Gasteiger partial charge in [0.25, 0.3) is 5.91 Å². The van der Waals surface area contributed by atoms with Gasteiger partial charge in [-0.25, -0.2) is 0 Å². The summed E-state index contributed by atoms with van der Waals surface area (Å²) in [5, 5.41) is 0. The topological polar surface area (TPSA) is 52.8 Å². The molecule has 2 aromatic carbocycles. The smallest absolute Gasteiger partial charge is 0.280 e. The van der Waals surface area contributed by atoms with Gasteiger partial charge in [-0.2, -0.15) is 4.99 Å². The van der Waals surface area contributed by atoms with E-state index in [2.05, 4.69) is 26.8 Å². The predicted molar refractivity (Wildman–Crippen MR) is 104 cm³/mol. The zero-order chi connectivity index (χ0) is 18.1. The summed E-state index contributed by atoms with van der Waals surface area (Å²) in [5.41, 5.74) is 1.37. The van der Waals surface area contributed by atoms with E-state index in [1.165, 1.54) is 11.3 Å². The molecule has 0 unspecified atom stereocenters. The highest BCUT2D eigenvalue weighted by Crippen LogP contribution is 2.35. The SMILES string of the molecule is C#CCn1c(=NC(=O)c2ccccc2Br)sc2cc3c(cc21)OCCO3. The van der Waals surface area contributed by atoms with E-state index in [-0.39, 0.29) is 5.91 Å². The number of amides is 1. The molecule has 26 heavy (non-hydrogen) atoms. The van der Waals surface area contributed by atoms with Gasteiger partial charge in [-0.3, -0.25) is 4.79 Å². The van der Waals surface area contributed by atoms with E-state index in [0.717, 1.165) is 10.2 Å². The molecular formula is C19H13BrN2O3S. The minimum atomic E-state index is -0.327. The summed E-state index contributed by atoms with van der Waals surface area (Å²) >= 11 is 4.78. The lowest BCUT2D eigenvalue weighted by atomic mass is 10.2. The van der Waals surface area contributed by atoms with Crippen LogP contribution in [0.2, 0.25) is 0 Å². The number of hydrogen-bond acceptors (Lipinski definition) is 4. The van der Waals surface area contributed by atoms with Gasteiger partial charge in [0.15, 0.2) is 16.3 Å². The Labute approximate surface area is 162 Å². The van der Waals surface area contributed by atoms with Crippen molar-refractivity contribution < 1.29 is 14.3 Å². The molecule has 1 aliphatic rings. The van der Waals surface area contributed by atoms with Crippen molar-refractivity contribution in [2.45, 2.75) is 6.54 Å². The zero-order valence-corrected chi connectivity index (χ0v) is 16.0. The van der Waals surface area contributed by atoms with Crippen LogP contribution in [0.1, 0.15) is 10.4 Å². The number of ether oxygens (including phenoxy) is 2. The highest BCUT2D eigenvalue weighted by Gasteiger charge is 2.17. The normalized spacial score (nSPS) is 13.6. The van der Waals surface area contributed by atoms with Gasteiger partial charge in [0.1, 0.15) is 13.2 Å². The molecule has 0 N–H and O–H groups in total.